The van der Waals surface area contributed by atoms with Crippen LogP contribution in [0.25, 0.3) is 0 Å². The van der Waals surface area contributed by atoms with E-state index in [0.717, 1.165) is 11.4 Å². The number of halogens is 2. The SMILES string of the molecule is Fc1ccc(NCc2ccc(Br)o2)cc1. The molecule has 78 valence electrons. The molecule has 2 rings (SSSR count). The fourth-order valence-electron chi connectivity index (χ4n) is 1.20. The summed E-state index contributed by atoms with van der Waals surface area (Å²) in [5.41, 5.74) is 0.865. The number of furan rings is 1. The molecule has 0 amide bonds. The predicted octanol–water partition coefficient (Wildman–Crippen LogP) is 3.79. The number of hydrogen-bond acceptors (Lipinski definition) is 2. The molecule has 0 aliphatic heterocycles. The average Bonchev–Trinajstić information content (AvgIpc) is 2.64. The summed E-state index contributed by atoms with van der Waals surface area (Å²) in [4.78, 5) is 0. The number of hydrogen-bond donors (Lipinski definition) is 1. The van der Waals surface area contributed by atoms with Crippen molar-refractivity contribution in [1.29, 1.82) is 0 Å². The van der Waals surface area contributed by atoms with Crippen molar-refractivity contribution in [2.45, 2.75) is 6.54 Å². The Kier molecular flexibility index (Phi) is 3.06. The van der Waals surface area contributed by atoms with Crippen LogP contribution in [0.15, 0.2) is 45.5 Å². The Hall–Kier alpha value is -1.29. The van der Waals surface area contributed by atoms with E-state index in [0.29, 0.717) is 11.2 Å². The Morgan fingerprint density at radius 3 is 2.47 bits per heavy atom. The Labute approximate surface area is 95.2 Å². The largest absolute Gasteiger partial charge is 0.452 e. The van der Waals surface area contributed by atoms with Gasteiger partial charge in [0.2, 0.25) is 0 Å². The van der Waals surface area contributed by atoms with Crippen LogP contribution in [-0.2, 0) is 6.54 Å². The van der Waals surface area contributed by atoms with Crippen LogP contribution >= 0.6 is 15.9 Å². The van der Waals surface area contributed by atoms with Crippen LogP contribution in [-0.4, -0.2) is 0 Å². The van der Waals surface area contributed by atoms with E-state index >= 15 is 0 Å². The van der Waals surface area contributed by atoms with Gasteiger partial charge >= 0.3 is 0 Å². The van der Waals surface area contributed by atoms with Crippen molar-refractivity contribution in [2.75, 3.05) is 5.32 Å². The highest BCUT2D eigenvalue weighted by Crippen LogP contribution is 2.16. The minimum absolute atomic E-state index is 0.235. The van der Waals surface area contributed by atoms with Gasteiger partial charge in [-0.3, -0.25) is 0 Å². The maximum atomic E-state index is 12.6. The zero-order valence-electron chi connectivity index (χ0n) is 7.84. The second-order valence-corrected chi connectivity index (χ2v) is 3.85. The Morgan fingerprint density at radius 1 is 1.13 bits per heavy atom. The molecule has 0 spiro atoms. The number of rotatable bonds is 3. The van der Waals surface area contributed by atoms with Gasteiger partial charge in [-0.05, 0) is 52.3 Å². The third-order valence-electron chi connectivity index (χ3n) is 1.94. The minimum Gasteiger partial charge on any atom is -0.452 e. The molecule has 0 saturated carbocycles. The average molecular weight is 270 g/mol. The van der Waals surface area contributed by atoms with Crippen molar-refractivity contribution in [3.8, 4) is 0 Å². The normalized spacial score (nSPS) is 10.3. The molecular weight excluding hydrogens is 261 g/mol. The van der Waals surface area contributed by atoms with Gasteiger partial charge in [-0.25, -0.2) is 4.39 Å². The maximum absolute atomic E-state index is 12.6. The smallest absolute Gasteiger partial charge is 0.169 e. The highest BCUT2D eigenvalue weighted by Gasteiger charge is 1.99. The summed E-state index contributed by atoms with van der Waals surface area (Å²) < 4.78 is 18.6. The van der Waals surface area contributed by atoms with Gasteiger partial charge in [0, 0.05) is 5.69 Å². The fraction of sp³-hybridized carbons (Fsp3) is 0.0909. The molecule has 1 heterocycles. The van der Waals surface area contributed by atoms with Gasteiger partial charge in [0.15, 0.2) is 4.67 Å². The van der Waals surface area contributed by atoms with Gasteiger partial charge in [0.25, 0.3) is 0 Å². The van der Waals surface area contributed by atoms with Crippen LogP contribution in [0.5, 0.6) is 0 Å². The van der Waals surface area contributed by atoms with E-state index in [1.54, 1.807) is 12.1 Å². The first kappa shape index (κ1) is 10.2. The van der Waals surface area contributed by atoms with Crippen LogP contribution in [0, 0.1) is 5.82 Å². The third-order valence-corrected chi connectivity index (χ3v) is 2.37. The Bertz CT molecular complexity index is 438. The molecule has 4 heteroatoms. The number of benzene rings is 1. The summed E-state index contributed by atoms with van der Waals surface area (Å²) in [5.74, 6) is 0.590. The van der Waals surface area contributed by atoms with Crippen LogP contribution < -0.4 is 5.32 Å². The first-order valence-corrected chi connectivity index (χ1v) is 5.27. The highest BCUT2D eigenvalue weighted by molar-refractivity contribution is 9.10. The lowest BCUT2D eigenvalue weighted by molar-refractivity contribution is 0.495. The fourth-order valence-corrected chi connectivity index (χ4v) is 1.54. The molecule has 15 heavy (non-hydrogen) atoms. The Morgan fingerprint density at radius 2 is 1.87 bits per heavy atom. The summed E-state index contributed by atoms with van der Waals surface area (Å²) in [6.45, 7) is 0.581. The zero-order valence-corrected chi connectivity index (χ0v) is 9.42. The first-order chi connectivity index (χ1) is 7.24. The monoisotopic (exact) mass is 269 g/mol. The molecule has 0 saturated heterocycles. The van der Waals surface area contributed by atoms with Crippen LogP contribution in [0.1, 0.15) is 5.76 Å². The second kappa shape index (κ2) is 4.49. The Balaban J connectivity index is 1.96. The van der Waals surface area contributed by atoms with Gasteiger partial charge in [-0.15, -0.1) is 0 Å². The van der Waals surface area contributed by atoms with E-state index < -0.39 is 0 Å². The van der Waals surface area contributed by atoms with Crippen molar-refractivity contribution >= 4 is 21.6 Å². The molecule has 0 radical (unpaired) electrons. The molecule has 1 aromatic carbocycles. The lowest BCUT2D eigenvalue weighted by Gasteiger charge is -2.03. The van der Waals surface area contributed by atoms with E-state index in [-0.39, 0.29) is 5.82 Å². The van der Waals surface area contributed by atoms with Crippen molar-refractivity contribution in [1.82, 2.24) is 0 Å². The van der Waals surface area contributed by atoms with Crippen molar-refractivity contribution < 1.29 is 8.81 Å². The topological polar surface area (TPSA) is 25.2 Å². The second-order valence-electron chi connectivity index (χ2n) is 3.07. The summed E-state index contributed by atoms with van der Waals surface area (Å²) in [7, 11) is 0. The standard InChI is InChI=1S/C11H9BrFNO/c12-11-6-5-10(15-11)7-14-9-3-1-8(13)2-4-9/h1-6,14H,7H2. The molecule has 0 fully saturated rings. The lowest BCUT2D eigenvalue weighted by atomic mass is 10.3. The molecule has 1 N–H and O–H groups in total. The molecule has 0 atom stereocenters. The summed E-state index contributed by atoms with van der Waals surface area (Å²) in [6, 6.07) is 9.92. The van der Waals surface area contributed by atoms with Gasteiger partial charge < -0.3 is 9.73 Å². The predicted molar refractivity (Wildman–Crippen MR) is 60.1 cm³/mol. The molecular formula is C11H9BrFNO. The van der Waals surface area contributed by atoms with Crippen LogP contribution in [0.3, 0.4) is 0 Å². The molecule has 0 aliphatic carbocycles. The highest BCUT2D eigenvalue weighted by atomic mass is 79.9. The van der Waals surface area contributed by atoms with Gasteiger partial charge in [-0.2, -0.15) is 0 Å². The summed E-state index contributed by atoms with van der Waals surface area (Å²) >= 11 is 3.22. The zero-order chi connectivity index (χ0) is 10.7. The molecule has 0 aliphatic rings. The minimum atomic E-state index is -0.235. The van der Waals surface area contributed by atoms with Crippen molar-refractivity contribution in [3.63, 3.8) is 0 Å². The van der Waals surface area contributed by atoms with Gasteiger partial charge in [-0.1, -0.05) is 0 Å². The van der Waals surface area contributed by atoms with Crippen molar-refractivity contribution in [2.24, 2.45) is 0 Å². The van der Waals surface area contributed by atoms with Gasteiger partial charge in [0.05, 0.1) is 6.54 Å². The molecule has 2 nitrogen and oxygen atoms in total. The third kappa shape index (κ3) is 2.83. The van der Waals surface area contributed by atoms with E-state index in [9.17, 15) is 4.39 Å². The van der Waals surface area contributed by atoms with Gasteiger partial charge in [0.1, 0.15) is 11.6 Å². The molecule has 0 unspecified atom stereocenters. The molecule has 2 aromatic rings. The molecule has 0 bridgehead atoms. The van der Waals surface area contributed by atoms with E-state index in [1.807, 2.05) is 12.1 Å². The summed E-state index contributed by atoms with van der Waals surface area (Å²) in [6.07, 6.45) is 0. The van der Waals surface area contributed by atoms with E-state index in [4.69, 9.17) is 4.42 Å². The van der Waals surface area contributed by atoms with E-state index in [1.165, 1.54) is 12.1 Å². The number of nitrogens with one attached hydrogen (secondary N) is 1. The van der Waals surface area contributed by atoms with Crippen LogP contribution in [0.2, 0.25) is 0 Å². The van der Waals surface area contributed by atoms with Crippen molar-refractivity contribution in [3.05, 3.63) is 52.6 Å². The quantitative estimate of drug-likeness (QED) is 0.917. The summed E-state index contributed by atoms with van der Waals surface area (Å²) in [5, 5.41) is 3.12. The first-order valence-electron chi connectivity index (χ1n) is 4.48. The molecule has 1 aromatic heterocycles. The maximum Gasteiger partial charge on any atom is 0.169 e. The lowest BCUT2D eigenvalue weighted by Crippen LogP contribution is -1.97. The number of anilines is 1. The van der Waals surface area contributed by atoms with E-state index in [2.05, 4.69) is 21.2 Å². The van der Waals surface area contributed by atoms with Crippen LogP contribution in [0.4, 0.5) is 10.1 Å².